The largest absolute Gasteiger partial charge is 0.497 e. The molecule has 1 aliphatic carbocycles. The summed E-state index contributed by atoms with van der Waals surface area (Å²) in [5, 5.41) is 12.4. The van der Waals surface area contributed by atoms with Gasteiger partial charge in [-0.25, -0.2) is 19.6 Å². The number of aromatic nitrogens is 2. The molecule has 5 atom stereocenters. The molecule has 2 fully saturated rings. The molecule has 1 aromatic carbocycles. The summed E-state index contributed by atoms with van der Waals surface area (Å²) in [6.07, 6.45) is 0.595. The van der Waals surface area contributed by atoms with E-state index in [1.54, 1.807) is 46.9 Å². The van der Waals surface area contributed by atoms with Crippen molar-refractivity contribution >= 4 is 51.2 Å². The van der Waals surface area contributed by atoms with Gasteiger partial charge in [0.05, 0.1) is 31.5 Å². The molecule has 55 heavy (non-hydrogen) atoms. The van der Waals surface area contributed by atoms with E-state index in [2.05, 4.69) is 22.5 Å². The van der Waals surface area contributed by atoms with E-state index in [9.17, 15) is 19.2 Å². The van der Waals surface area contributed by atoms with Gasteiger partial charge in [-0.2, -0.15) is 0 Å². The number of fused-ring (bicyclic) bond motifs is 1. The predicted molar refractivity (Wildman–Crippen MR) is 211 cm³/mol. The molecule has 1 saturated carbocycles. The second-order valence-corrected chi connectivity index (χ2v) is 17.2. The van der Waals surface area contributed by atoms with Crippen molar-refractivity contribution in [2.75, 3.05) is 25.6 Å². The van der Waals surface area contributed by atoms with Crippen molar-refractivity contribution in [2.24, 2.45) is 11.3 Å². The summed E-state index contributed by atoms with van der Waals surface area (Å²) in [7, 11) is 1.58. The van der Waals surface area contributed by atoms with Crippen LogP contribution in [0.1, 0.15) is 75.2 Å². The maximum atomic E-state index is 14.6. The number of ether oxygens (including phenoxy) is 4. The molecule has 0 bridgehead atoms. The lowest BCUT2D eigenvalue weighted by molar-refractivity contribution is -0.150. The smallest absolute Gasteiger partial charge is 0.408 e. The fourth-order valence-corrected chi connectivity index (χ4v) is 7.45. The monoisotopic (exact) mass is 778 g/mol. The summed E-state index contributed by atoms with van der Waals surface area (Å²) in [5.41, 5.74) is -1.05. The zero-order valence-electron chi connectivity index (χ0n) is 33.4. The Hall–Kier alpha value is -4.92. The van der Waals surface area contributed by atoms with Crippen LogP contribution in [-0.4, -0.2) is 94.4 Å². The Morgan fingerprint density at radius 1 is 1.09 bits per heavy atom. The average Bonchev–Trinajstić information content (AvgIpc) is 3.37. The van der Waals surface area contributed by atoms with Crippen molar-refractivity contribution in [3.05, 3.63) is 42.3 Å². The Kier molecular flexibility index (Phi) is 12.0. The number of pyridine rings is 1. The van der Waals surface area contributed by atoms with E-state index < -0.39 is 58.6 Å². The van der Waals surface area contributed by atoms with Gasteiger partial charge in [0, 0.05) is 41.3 Å². The molecule has 2 aromatic heterocycles. The normalized spacial score (nSPS) is 21.4. The van der Waals surface area contributed by atoms with Crippen molar-refractivity contribution in [3.63, 3.8) is 0 Å². The summed E-state index contributed by atoms with van der Waals surface area (Å²) in [6, 6.07) is 5.33. The average molecular weight is 779 g/mol. The van der Waals surface area contributed by atoms with Crippen LogP contribution < -0.4 is 25.4 Å². The molecule has 3 heterocycles. The minimum Gasteiger partial charge on any atom is -0.497 e. The fourth-order valence-electron chi connectivity index (χ4n) is 6.60. The molecule has 15 heteroatoms. The standard InChI is InChI=1S/C40H54N6O8S/c1-12-23-19-40(23,35(49)52-13-2)45-33(47)30-17-25(20-46(30)34(48)32(38(5,6)7)44-37(50)54-39(8,9)10)53-31-18-28(29-21-55-36(43-29)41-22(3)4)42-27-16-24(51-11)14-15-26(27)31/h12,14-16,18,21-23,25,30,32H,1,13,17,19-20H2,2-11H3,(H,41,43)(H,44,50)(H,45,47)/t23-,25-,30+,32-,40-/m1/s1. The number of carbonyl (C=O) groups excluding carboxylic acids is 4. The van der Waals surface area contributed by atoms with Crippen LogP contribution in [0, 0.1) is 11.3 Å². The molecule has 0 radical (unpaired) electrons. The summed E-state index contributed by atoms with van der Waals surface area (Å²) >= 11 is 1.46. The number of nitrogens with one attached hydrogen (secondary N) is 3. The minimum absolute atomic E-state index is 0.00521. The van der Waals surface area contributed by atoms with Crippen LogP contribution in [0.5, 0.6) is 11.5 Å². The highest BCUT2D eigenvalue weighted by atomic mass is 32.1. The van der Waals surface area contributed by atoms with E-state index in [1.807, 2.05) is 58.2 Å². The molecule has 5 rings (SSSR count). The Balaban J connectivity index is 1.52. The van der Waals surface area contributed by atoms with E-state index in [0.717, 1.165) is 5.13 Å². The van der Waals surface area contributed by atoms with Crippen molar-refractivity contribution in [1.82, 2.24) is 25.5 Å². The van der Waals surface area contributed by atoms with E-state index in [-0.39, 0.29) is 31.5 Å². The number of alkyl carbamates (subject to hydrolysis) is 1. The van der Waals surface area contributed by atoms with Crippen molar-refractivity contribution in [1.29, 1.82) is 0 Å². The third-order valence-corrected chi connectivity index (χ3v) is 10.1. The SMILES string of the molecule is C=C[C@@H]1C[C@]1(NC(=O)[C@@H]1C[C@@H](Oc2cc(-c3csc(NC(C)C)n3)nc3cc(OC)ccc23)CN1C(=O)[C@@H](NC(=O)OC(C)(C)C)C(C)(C)C)C(=O)OCC. The summed E-state index contributed by atoms with van der Waals surface area (Å²) in [4.78, 5) is 66.2. The first-order chi connectivity index (χ1) is 25.8. The third kappa shape index (κ3) is 9.49. The second-order valence-electron chi connectivity index (χ2n) is 16.4. The molecule has 1 saturated heterocycles. The van der Waals surface area contributed by atoms with Crippen LogP contribution in [0.15, 0.2) is 42.3 Å². The van der Waals surface area contributed by atoms with Gasteiger partial charge < -0.3 is 39.8 Å². The lowest BCUT2D eigenvalue weighted by Crippen LogP contribution is -2.59. The zero-order chi connectivity index (χ0) is 40.5. The molecule has 0 spiro atoms. The van der Waals surface area contributed by atoms with E-state index in [0.29, 0.717) is 40.2 Å². The molecule has 3 aromatic rings. The Bertz CT molecular complexity index is 1930. The number of esters is 1. The highest BCUT2D eigenvalue weighted by Crippen LogP contribution is 2.46. The van der Waals surface area contributed by atoms with Gasteiger partial charge in [0.2, 0.25) is 11.8 Å². The van der Waals surface area contributed by atoms with Crippen LogP contribution in [0.3, 0.4) is 0 Å². The molecule has 2 aliphatic rings. The Morgan fingerprint density at radius 3 is 2.42 bits per heavy atom. The van der Waals surface area contributed by atoms with Gasteiger partial charge in [0.1, 0.15) is 46.5 Å². The Morgan fingerprint density at radius 2 is 1.82 bits per heavy atom. The zero-order valence-corrected chi connectivity index (χ0v) is 34.2. The highest BCUT2D eigenvalue weighted by molar-refractivity contribution is 7.14. The number of benzene rings is 1. The van der Waals surface area contributed by atoms with Gasteiger partial charge in [-0.1, -0.05) is 26.8 Å². The topological polar surface area (TPSA) is 170 Å². The van der Waals surface area contributed by atoms with Crippen LogP contribution in [0.2, 0.25) is 0 Å². The molecule has 3 N–H and O–H groups in total. The van der Waals surface area contributed by atoms with Crippen molar-refractivity contribution in [2.45, 2.75) is 111 Å². The van der Waals surface area contributed by atoms with Gasteiger partial charge in [-0.05, 0) is 65.5 Å². The molecule has 298 valence electrons. The van der Waals surface area contributed by atoms with Crippen LogP contribution in [-0.2, 0) is 23.9 Å². The summed E-state index contributed by atoms with van der Waals surface area (Å²) < 4.78 is 23.1. The second kappa shape index (κ2) is 16.0. The first-order valence-corrected chi connectivity index (χ1v) is 19.5. The number of likely N-dealkylation sites (tertiary alicyclic amines) is 1. The summed E-state index contributed by atoms with van der Waals surface area (Å²) in [6.45, 7) is 20.4. The van der Waals surface area contributed by atoms with Crippen molar-refractivity contribution < 1.29 is 38.1 Å². The van der Waals surface area contributed by atoms with Crippen LogP contribution in [0.4, 0.5) is 9.93 Å². The molecule has 1 aliphatic heterocycles. The van der Waals surface area contributed by atoms with E-state index in [1.165, 1.54) is 16.2 Å². The third-order valence-electron chi connectivity index (χ3n) is 9.36. The van der Waals surface area contributed by atoms with Gasteiger partial charge in [0.15, 0.2) is 5.13 Å². The fraction of sp³-hybridized carbons (Fsp3) is 0.550. The first-order valence-electron chi connectivity index (χ1n) is 18.6. The minimum atomic E-state index is -1.28. The lowest BCUT2D eigenvalue weighted by atomic mass is 9.85. The van der Waals surface area contributed by atoms with Crippen molar-refractivity contribution in [3.8, 4) is 22.9 Å². The van der Waals surface area contributed by atoms with Gasteiger partial charge in [-0.15, -0.1) is 17.9 Å². The van der Waals surface area contributed by atoms with Crippen LogP contribution >= 0.6 is 11.3 Å². The maximum absolute atomic E-state index is 14.6. The van der Waals surface area contributed by atoms with E-state index in [4.69, 9.17) is 28.9 Å². The van der Waals surface area contributed by atoms with E-state index >= 15 is 0 Å². The lowest BCUT2D eigenvalue weighted by Gasteiger charge is -2.36. The number of rotatable bonds is 13. The molecule has 3 amide bonds. The molecule has 14 nitrogen and oxygen atoms in total. The van der Waals surface area contributed by atoms with Gasteiger partial charge >= 0.3 is 12.1 Å². The number of methoxy groups -OCH3 is 1. The first kappa shape index (κ1) is 41.2. The van der Waals surface area contributed by atoms with Gasteiger partial charge in [0.25, 0.3) is 0 Å². The number of hydrogen-bond acceptors (Lipinski definition) is 12. The number of nitrogens with zero attached hydrogens (tertiary/aromatic N) is 3. The maximum Gasteiger partial charge on any atom is 0.408 e. The van der Waals surface area contributed by atoms with Crippen LogP contribution in [0.25, 0.3) is 22.3 Å². The summed E-state index contributed by atoms with van der Waals surface area (Å²) in [5.74, 6) is -0.843. The number of hydrogen-bond donors (Lipinski definition) is 3. The number of anilines is 1. The number of amides is 3. The van der Waals surface area contributed by atoms with Gasteiger partial charge in [-0.3, -0.25) is 9.59 Å². The molecule has 0 unspecified atom stereocenters. The highest BCUT2D eigenvalue weighted by Gasteiger charge is 2.62. The predicted octanol–water partition coefficient (Wildman–Crippen LogP) is 6.10. The molecular weight excluding hydrogens is 725 g/mol. The number of carbonyl (C=O) groups is 4. The number of thiazole rings is 1. The molecular formula is C40H54N6O8S. The Labute approximate surface area is 326 Å². The quantitative estimate of drug-likeness (QED) is 0.135.